The van der Waals surface area contributed by atoms with Crippen LogP contribution in [-0.4, -0.2) is 7.11 Å². The van der Waals surface area contributed by atoms with Crippen LogP contribution in [0, 0.1) is 6.92 Å². The van der Waals surface area contributed by atoms with Gasteiger partial charge < -0.3 is 13.9 Å². The molecule has 0 spiro atoms. The predicted molar refractivity (Wildman–Crippen MR) is 110 cm³/mol. The van der Waals surface area contributed by atoms with E-state index in [-0.39, 0.29) is 5.63 Å². The predicted octanol–water partition coefficient (Wildman–Crippen LogP) is 5.36. The smallest absolute Gasteiger partial charge is 0.336 e. The quantitative estimate of drug-likeness (QED) is 0.443. The van der Waals surface area contributed by atoms with Gasteiger partial charge >= 0.3 is 5.63 Å². The monoisotopic (exact) mass is 372 g/mol. The molecule has 140 valence electrons. The molecule has 0 aliphatic carbocycles. The first-order valence-corrected chi connectivity index (χ1v) is 9.04. The Bertz CT molecular complexity index is 1180. The van der Waals surface area contributed by atoms with Gasteiger partial charge in [-0.2, -0.15) is 0 Å². The number of ether oxygens (including phenoxy) is 2. The molecule has 0 bridgehead atoms. The molecule has 0 aliphatic heterocycles. The first-order valence-electron chi connectivity index (χ1n) is 9.04. The Morgan fingerprint density at radius 1 is 0.929 bits per heavy atom. The Morgan fingerprint density at radius 3 is 2.54 bits per heavy atom. The molecule has 4 nitrogen and oxygen atoms in total. The number of aryl methyl sites for hydroxylation is 1. The van der Waals surface area contributed by atoms with Gasteiger partial charge in [-0.25, -0.2) is 4.79 Å². The number of rotatable bonds is 5. The summed E-state index contributed by atoms with van der Waals surface area (Å²) in [5, 5.41) is 0.867. The minimum atomic E-state index is -0.385. The molecule has 0 atom stereocenters. The van der Waals surface area contributed by atoms with E-state index >= 15 is 0 Å². The first kappa shape index (κ1) is 17.9. The van der Waals surface area contributed by atoms with E-state index in [4.69, 9.17) is 13.9 Å². The average molecular weight is 372 g/mol. The van der Waals surface area contributed by atoms with E-state index < -0.39 is 0 Å². The Kier molecular flexibility index (Phi) is 4.85. The van der Waals surface area contributed by atoms with E-state index in [1.165, 1.54) is 6.07 Å². The Hall–Kier alpha value is -3.53. The Morgan fingerprint density at radius 2 is 1.75 bits per heavy atom. The van der Waals surface area contributed by atoms with Crippen molar-refractivity contribution in [2.45, 2.75) is 13.5 Å². The lowest BCUT2D eigenvalue weighted by Crippen LogP contribution is -2.01. The van der Waals surface area contributed by atoms with E-state index in [1.807, 2.05) is 67.6 Å². The van der Waals surface area contributed by atoms with Crippen molar-refractivity contribution in [3.05, 3.63) is 94.3 Å². The van der Waals surface area contributed by atoms with E-state index in [9.17, 15) is 4.79 Å². The van der Waals surface area contributed by atoms with Crippen LogP contribution in [0.25, 0.3) is 22.1 Å². The number of methoxy groups -OCH3 is 1. The summed E-state index contributed by atoms with van der Waals surface area (Å²) in [6.07, 6.45) is 0. The number of hydrogen-bond acceptors (Lipinski definition) is 4. The highest BCUT2D eigenvalue weighted by Crippen LogP contribution is 2.30. The number of benzene rings is 3. The lowest BCUT2D eigenvalue weighted by atomic mass is 10.0. The standard InChI is InChI=1S/C24H20O4/c1-16-8-11-22(26-2)18(12-16)15-27-19-9-10-20-21(17-6-4-3-5-7-17)14-24(25)28-23(20)13-19/h3-14H,15H2,1-2H3. The average Bonchev–Trinajstić information content (AvgIpc) is 2.72. The maximum absolute atomic E-state index is 12.1. The molecule has 1 aromatic heterocycles. The van der Waals surface area contributed by atoms with E-state index in [1.54, 1.807) is 13.2 Å². The molecule has 28 heavy (non-hydrogen) atoms. The van der Waals surface area contributed by atoms with Gasteiger partial charge in [0, 0.05) is 23.1 Å². The summed E-state index contributed by atoms with van der Waals surface area (Å²) in [5.41, 5.74) is 4.03. The van der Waals surface area contributed by atoms with Gasteiger partial charge in [-0.05, 0) is 42.3 Å². The summed E-state index contributed by atoms with van der Waals surface area (Å²) < 4.78 is 16.8. The van der Waals surface area contributed by atoms with Crippen LogP contribution in [0.1, 0.15) is 11.1 Å². The Balaban J connectivity index is 1.67. The topological polar surface area (TPSA) is 48.7 Å². The summed E-state index contributed by atoms with van der Waals surface area (Å²) >= 11 is 0. The van der Waals surface area contributed by atoms with Gasteiger partial charge in [0.25, 0.3) is 0 Å². The molecule has 4 heteroatoms. The zero-order valence-electron chi connectivity index (χ0n) is 15.8. The van der Waals surface area contributed by atoms with Crippen LogP contribution in [0.5, 0.6) is 11.5 Å². The van der Waals surface area contributed by atoms with Crippen molar-refractivity contribution < 1.29 is 13.9 Å². The maximum Gasteiger partial charge on any atom is 0.336 e. The molecular formula is C24H20O4. The van der Waals surface area contributed by atoms with Crippen LogP contribution in [0.15, 0.2) is 82.0 Å². The van der Waals surface area contributed by atoms with Crippen molar-refractivity contribution in [2.24, 2.45) is 0 Å². The summed E-state index contributed by atoms with van der Waals surface area (Å²) in [7, 11) is 1.64. The van der Waals surface area contributed by atoms with Crippen molar-refractivity contribution in [1.29, 1.82) is 0 Å². The molecule has 3 aromatic carbocycles. The van der Waals surface area contributed by atoms with Crippen molar-refractivity contribution in [1.82, 2.24) is 0 Å². The molecule has 4 rings (SSSR count). The SMILES string of the molecule is COc1ccc(C)cc1COc1ccc2c(-c3ccccc3)cc(=O)oc2c1. The third-order valence-electron chi connectivity index (χ3n) is 4.63. The lowest BCUT2D eigenvalue weighted by Gasteiger charge is -2.12. The second-order valence-electron chi connectivity index (χ2n) is 6.61. The molecule has 0 aliphatic rings. The molecule has 0 radical (unpaired) electrons. The summed E-state index contributed by atoms with van der Waals surface area (Å²) in [6.45, 7) is 2.39. The zero-order valence-corrected chi connectivity index (χ0v) is 15.8. The van der Waals surface area contributed by atoms with Gasteiger partial charge in [0.1, 0.15) is 23.7 Å². The molecule has 0 N–H and O–H groups in total. The molecule has 0 unspecified atom stereocenters. The van der Waals surface area contributed by atoms with E-state index in [0.29, 0.717) is 17.9 Å². The minimum absolute atomic E-state index is 0.360. The minimum Gasteiger partial charge on any atom is -0.496 e. The van der Waals surface area contributed by atoms with E-state index in [2.05, 4.69) is 0 Å². The van der Waals surface area contributed by atoms with E-state index in [0.717, 1.165) is 33.4 Å². The van der Waals surface area contributed by atoms with Crippen molar-refractivity contribution in [3.63, 3.8) is 0 Å². The van der Waals surface area contributed by atoms with Crippen molar-refractivity contribution in [3.8, 4) is 22.6 Å². The van der Waals surface area contributed by atoms with Crippen LogP contribution in [0.3, 0.4) is 0 Å². The summed E-state index contributed by atoms with van der Waals surface area (Å²) in [4.78, 5) is 12.1. The molecule has 0 amide bonds. The number of hydrogen-bond donors (Lipinski definition) is 0. The third kappa shape index (κ3) is 3.62. The van der Waals surface area contributed by atoms with Gasteiger partial charge in [0.2, 0.25) is 0 Å². The largest absolute Gasteiger partial charge is 0.496 e. The van der Waals surface area contributed by atoms with Crippen molar-refractivity contribution >= 4 is 11.0 Å². The number of fused-ring (bicyclic) bond motifs is 1. The molecule has 1 heterocycles. The highest BCUT2D eigenvalue weighted by molar-refractivity contribution is 5.93. The highest BCUT2D eigenvalue weighted by atomic mass is 16.5. The van der Waals surface area contributed by atoms with Crippen LogP contribution >= 0.6 is 0 Å². The first-order chi connectivity index (χ1) is 13.6. The molecular weight excluding hydrogens is 352 g/mol. The summed E-state index contributed by atoms with van der Waals surface area (Å²) in [6, 6.07) is 22.8. The van der Waals surface area contributed by atoms with Crippen LogP contribution in [0.2, 0.25) is 0 Å². The molecule has 0 saturated carbocycles. The fraction of sp³-hybridized carbons (Fsp3) is 0.125. The van der Waals surface area contributed by atoms with Crippen LogP contribution in [0.4, 0.5) is 0 Å². The molecule has 0 fully saturated rings. The zero-order chi connectivity index (χ0) is 19.5. The second-order valence-corrected chi connectivity index (χ2v) is 6.61. The third-order valence-corrected chi connectivity index (χ3v) is 4.63. The van der Waals surface area contributed by atoms with Gasteiger partial charge in [-0.3, -0.25) is 0 Å². The van der Waals surface area contributed by atoms with Gasteiger partial charge in [0.05, 0.1) is 7.11 Å². The van der Waals surface area contributed by atoms with Crippen LogP contribution < -0.4 is 15.1 Å². The lowest BCUT2D eigenvalue weighted by molar-refractivity contribution is 0.296. The van der Waals surface area contributed by atoms with Gasteiger partial charge in [-0.1, -0.05) is 42.0 Å². The van der Waals surface area contributed by atoms with Gasteiger partial charge in [0.15, 0.2) is 0 Å². The highest BCUT2D eigenvalue weighted by Gasteiger charge is 2.10. The molecule has 0 saturated heterocycles. The summed E-state index contributed by atoms with van der Waals surface area (Å²) in [5.74, 6) is 1.41. The second kappa shape index (κ2) is 7.61. The fourth-order valence-electron chi connectivity index (χ4n) is 3.27. The fourth-order valence-corrected chi connectivity index (χ4v) is 3.27. The molecule has 4 aromatic rings. The normalized spacial score (nSPS) is 10.8. The maximum atomic E-state index is 12.1. The van der Waals surface area contributed by atoms with Crippen molar-refractivity contribution in [2.75, 3.05) is 7.11 Å². The van der Waals surface area contributed by atoms with Crippen LogP contribution in [-0.2, 0) is 6.61 Å². The Labute approximate surface area is 163 Å². The van der Waals surface area contributed by atoms with Gasteiger partial charge in [-0.15, -0.1) is 0 Å².